The molecule has 0 aromatic heterocycles. The summed E-state index contributed by atoms with van der Waals surface area (Å²) in [6.45, 7) is 7.99. The van der Waals surface area contributed by atoms with Crippen LogP contribution in [-0.2, 0) is 19.9 Å². The monoisotopic (exact) mass is 403 g/mol. The molecule has 1 aromatic rings. The molecule has 0 bridgehead atoms. The highest BCUT2D eigenvalue weighted by Gasteiger charge is 2.70. The lowest BCUT2D eigenvalue weighted by Gasteiger charge is -2.31. The van der Waals surface area contributed by atoms with Crippen molar-refractivity contribution >= 4 is 35.0 Å². The Bertz CT molecular complexity index is 870. The van der Waals surface area contributed by atoms with Gasteiger partial charge in [0.15, 0.2) is 0 Å². The highest BCUT2D eigenvalue weighted by atomic mass is 35.5. The maximum atomic E-state index is 13.5. The first-order chi connectivity index (χ1) is 13.2. The first-order valence-corrected chi connectivity index (χ1v) is 10.4. The number of anilines is 1. The van der Waals surface area contributed by atoms with Gasteiger partial charge >= 0.3 is 0 Å². The van der Waals surface area contributed by atoms with Gasteiger partial charge in [0.05, 0.1) is 11.8 Å². The van der Waals surface area contributed by atoms with Gasteiger partial charge in [0.25, 0.3) is 0 Å². The molecule has 7 heteroatoms. The minimum atomic E-state index is -1.25. The van der Waals surface area contributed by atoms with E-state index in [-0.39, 0.29) is 29.8 Å². The van der Waals surface area contributed by atoms with Crippen LogP contribution < -0.4 is 10.6 Å². The van der Waals surface area contributed by atoms with Gasteiger partial charge in [0, 0.05) is 28.4 Å². The molecule has 3 amide bonds. The molecule has 28 heavy (non-hydrogen) atoms. The van der Waals surface area contributed by atoms with Crippen LogP contribution in [0, 0.1) is 17.8 Å². The molecule has 2 saturated heterocycles. The SMILES string of the molecule is CCC(C)N1C(=O)C2C(CC(C)C)NC3(C(=O)Nc4ccc(Cl)cc43)C2C1=O. The lowest BCUT2D eigenvalue weighted by Crippen LogP contribution is -2.54. The number of fused-ring (bicyclic) bond motifs is 4. The first-order valence-electron chi connectivity index (χ1n) is 9.98. The Morgan fingerprint density at radius 1 is 1.18 bits per heavy atom. The first kappa shape index (κ1) is 19.4. The number of nitrogens with zero attached hydrogens (tertiary/aromatic N) is 1. The number of hydrogen-bond acceptors (Lipinski definition) is 4. The Hall–Kier alpha value is -1.92. The van der Waals surface area contributed by atoms with Crippen molar-refractivity contribution in [1.82, 2.24) is 10.2 Å². The summed E-state index contributed by atoms with van der Waals surface area (Å²) < 4.78 is 0. The summed E-state index contributed by atoms with van der Waals surface area (Å²) in [5.74, 6) is -1.68. The number of hydrogen-bond donors (Lipinski definition) is 2. The lowest BCUT2D eigenvalue weighted by molar-refractivity contribution is -0.145. The van der Waals surface area contributed by atoms with Crippen molar-refractivity contribution in [1.29, 1.82) is 0 Å². The Kier molecular flexibility index (Phi) is 4.55. The summed E-state index contributed by atoms with van der Waals surface area (Å²) in [5.41, 5.74) is 0.0610. The van der Waals surface area contributed by atoms with E-state index in [0.29, 0.717) is 35.0 Å². The fourth-order valence-electron chi connectivity index (χ4n) is 5.12. The Morgan fingerprint density at radius 2 is 1.89 bits per heavy atom. The predicted molar refractivity (Wildman–Crippen MR) is 107 cm³/mol. The molecule has 3 aliphatic heterocycles. The molecule has 0 radical (unpaired) electrons. The van der Waals surface area contributed by atoms with Crippen LogP contribution in [0.3, 0.4) is 0 Å². The van der Waals surface area contributed by atoms with Gasteiger partial charge in [-0.1, -0.05) is 32.4 Å². The predicted octanol–water partition coefficient (Wildman–Crippen LogP) is 2.91. The molecule has 3 heterocycles. The highest BCUT2D eigenvalue weighted by Crippen LogP contribution is 2.54. The molecule has 2 fully saturated rings. The van der Waals surface area contributed by atoms with Gasteiger partial charge in [-0.3, -0.25) is 24.6 Å². The lowest BCUT2D eigenvalue weighted by atomic mass is 9.76. The molecule has 1 spiro atoms. The third-order valence-corrected chi connectivity index (χ3v) is 6.70. The smallest absolute Gasteiger partial charge is 0.250 e. The number of rotatable bonds is 4. The third-order valence-electron chi connectivity index (χ3n) is 6.47. The minimum Gasteiger partial charge on any atom is -0.324 e. The molecule has 0 aliphatic carbocycles. The second-order valence-electron chi connectivity index (χ2n) is 8.64. The van der Waals surface area contributed by atoms with E-state index in [1.807, 2.05) is 13.8 Å². The van der Waals surface area contributed by atoms with Crippen molar-refractivity contribution in [3.05, 3.63) is 28.8 Å². The summed E-state index contributed by atoms with van der Waals surface area (Å²) in [7, 11) is 0. The van der Waals surface area contributed by atoms with Crippen molar-refractivity contribution in [2.75, 3.05) is 5.32 Å². The Labute approximate surface area is 170 Å². The average molecular weight is 404 g/mol. The van der Waals surface area contributed by atoms with Gasteiger partial charge in [0.2, 0.25) is 17.7 Å². The number of nitrogens with one attached hydrogen (secondary N) is 2. The molecule has 3 aliphatic rings. The van der Waals surface area contributed by atoms with Crippen molar-refractivity contribution in [2.45, 2.75) is 58.2 Å². The van der Waals surface area contributed by atoms with Gasteiger partial charge in [-0.15, -0.1) is 0 Å². The Morgan fingerprint density at radius 3 is 2.54 bits per heavy atom. The molecule has 0 saturated carbocycles. The van der Waals surface area contributed by atoms with Crippen LogP contribution in [0.5, 0.6) is 0 Å². The largest absolute Gasteiger partial charge is 0.324 e. The summed E-state index contributed by atoms with van der Waals surface area (Å²) in [5, 5.41) is 6.82. The number of likely N-dealkylation sites (tertiary alicyclic amines) is 1. The minimum absolute atomic E-state index is 0.164. The van der Waals surface area contributed by atoms with Crippen molar-refractivity contribution in [2.24, 2.45) is 17.8 Å². The van der Waals surface area contributed by atoms with E-state index >= 15 is 0 Å². The fraction of sp³-hybridized carbons (Fsp3) is 0.571. The summed E-state index contributed by atoms with van der Waals surface area (Å²) in [4.78, 5) is 41.4. The molecular weight excluding hydrogens is 378 g/mol. The van der Waals surface area contributed by atoms with Crippen molar-refractivity contribution in [3.63, 3.8) is 0 Å². The van der Waals surface area contributed by atoms with E-state index in [1.165, 1.54) is 4.90 Å². The summed E-state index contributed by atoms with van der Waals surface area (Å²) in [6, 6.07) is 4.77. The van der Waals surface area contributed by atoms with E-state index in [0.717, 1.165) is 0 Å². The third kappa shape index (κ3) is 2.47. The molecule has 150 valence electrons. The number of amides is 3. The van der Waals surface area contributed by atoms with E-state index in [1.54, 1.807) is 18.2 Å². The second kappa shape index (κ2) is 6.56. The zero-order chi connectivity index (χ0) is 20.4. The van der Waals surface area contributed by atoms with Gasteiger partial charge in [0.1, 0.15) is 5.54 Å². The van der Waals surface area contributed by atoms with Crippen LogP contribution in [0.15, 0.2) is 18.2 Å². The van der Waals surface area contributed by atoms with Crippen LogP contribution in [0.4, 0.5) is 5.69 Å². The zero-order valence-corrected chi connectivity index (χ0v) is 17.3. The van der Waals surface area contributed by atoms with Crippen molar-refractivity contribution < 1.29 is 14.4 Å². The quantitative estimate of drug-likeness (QED) is 0.757. The van der Waals surface area contributed by atoms with Crippen LogP contribution in [-0.4, -0.2) is 34.7 Å². The maximum absolute atomic E-state index is 13.5. The van der Waals surface area contributed by atoms with Gasteiger partial charge in [-0.2, -0.15) is 0 Å². The van der Waals surface area contributed by atoms with Crippen LogP contribution in [0.2, 0.25) is 5.02 Å². The molecular formula is C21H26ClN3O3. The summed E-state index contributed by atoms with van der Waals surface area (Å²) >= 11 is 6.23. The Balaban J connectivity index is 1.89. The van der Waals surface area contributed by atoms with Crippen LogP contribution in [0.25, 0.3) is 0 Å². The number of carbonyl (C=O) groups excluding carboxylic acids is 3. The topological polar surface area (TPSA) is 78.5 Å². The maximum Gasteiger partial charge on any atom is 0.250 e. The molecule has 6 nitrogen and oxygen atoms in total. The van der Waals surface area contributed by atoms with E-state index < -0.39 is 17.4 Å². The number of halogens is 1. The van der Waals surface area contributed by atoms with E-state index in [9.17, 15) is 14.4 Å². The number of carbonyl (C=O) groups is 3. The van der Waals surface area contributed by atoms with E-state index in [4.69, 9.17) is 11.6 Å². The van der Waals surface area contributed by atoms with Gasteiger partial charge in [-0.25, -0.2) is 0 Å². The molecule has 4 rings (SSSR count). The number of imide groups is 1. The van der Waals surface area contributed by atoms with E-state index in [2.05, 4.69) is 24.5 Å². The molecule has 2 N–H and O–H groups in total. The van der Waals surface area contributed by atoms with Crippen LogP contribution >= 0.6 is 11.6 Å². The normalized spacial score (nSPS) is 32.3. The average Bonchev–Trinajstić information content (AvgIpc) is 3.20. The van der Waals surface area contributed by atoms with Gasteiger partial charge in [-0.05, 0) is 43.9 Å². The second-order valence-corrected chi connectivity index (χ2v) is 9.08. The number of benzene rings is 1. The summed E-state index contributed by atoms with van der Waals surface area (Å²) in [6.07, 6.45) is 1.39. The van der Waals surface area contributed by atoms with Crippen LogP contribution in [0.1, 0.15) is 46.1 Å². The van der Waals surface area contributed by atoms with Crippen molar-refractivity contribution in [3.8, 4) is 0 Å². The standard InChI is InChI=1S/C21H26ClN3O3/c1-5-11(4)25-18(26)16-15(8-10(2)3)24-21(17(16)19(25)27)13-9-12(22)6-7-14(13)23-20(21)28/h6-7,9-11,15-17,24H,5,8H2,1-4H3,(H,23,28). The zero-order valence-electron chi connectivity index (χ0n) is 16.6. The highest BCUT2D eigenvalue weighted by molar-refractivity contribution is 6.31. The molecule has 1 aromatic carbocycles. The molecule has 5 atom stereocenters. The van der Waals surface area contributed by atoms with Gasteiger partial charge < -0.3 is 5.32 Å². The molecule has 5 unspecified atom stereocenters. The fourth-order valence-corrected chi connectivity index (χ4v) is 5.30.